The summed E-state index contributed by atoms with van der Waals surface area (Å²) in [4.78, 5) is 14.0. The van der Waals surface area contributed by atoms with Crippen LogP contribution in [0.15, 0.2) is 48.5 Å². The maximum Gasteiger partial charge on any atom is 0.253 e. The van der Waals surface area contributed by atoms with E-state index in [1.807, 2.05) is 13.1 Å². The first-order valence-corrected chi connectivity index (χ1v) is 6.73. The number of likely N-dealkylation sites (N-methyl/N-ethyl adjacent to an activating group) is 1. The molecule has 0 aliphatic heterocycles. The molecule has 20 heavy (non-hydrogen) atoms. The van der Waals surface area contributed by atoms with Gasteiger partial charge in [0.1, 0.15) is 0 Å². The summed E-state index contributed by atoms with van der Waals surface area (Å²) in [6.45, 7) is 2.77. The third-order valence-corrected chi connectivity index (χ3v) is 3.30. The Morgan fingerprint density at radius 3 is 2.60 bits per heavy atom. The van der Waals surface area contributed by atoms with Gasteiger partial charge in [0.25, 0.3) is 5.91 Å². The molecule has 0 bridgehead atoms. The molecule has 0 saturated heterocycles. The van der Waals surface area contributed by atoms with Gasteiger partial charge in [-0.2, -0.15) is 0 Å². The van der Waals surface area contributed by atoms with Crippen LogP contribution in [0.25, 0.3) is 0 Å². The van der Waals surface area contributed by atoms with Crippen LogP contribution in [0.4, 0.5) is 5.69 Å². The molecule has 2 N–H and O–H groups in total. The molecule has 0 heterocycles. The van der Waals surface area contributed by atoms with E-state index in [2.05, 4.69) is 25.1 Å². The first-order valence-electron chi connectivity index (χ1n) is 6.73. The van der Waals surface area contributed by atoms with Crippen molar-refractivity contribution in [2.45, 2.75) is 13.3 Å². The highest BCUT2D eigenvalue weighted by molar-refractivity contribution is 5.94. The van der Waals surface area contributed by atoms with Gasteiger partial charge in [-0.25, -0.2) is 0 Å². The summed E-state index contributed by atoms with van der Waals surface area (Å²) >= 11 is 0. The summed E-state index contributed by atoms with van der Waals surface area (Å²) in [6.07, 6.45) is 0.853. The molecule has 0 atom stereocenters. The van der Waals surface area contributed by atoms with Gasteiger partial charge in [0.2, 0.25) is 0 Å². The first kappa shape index (κ1) is 14.1. The van der Waals surface area contributed by atoms with Crippen molar-refractivity contribution in [1.82, 2.24) is 4.90 Å². The largest absolute Gasteiger partial charge is 0.399 e. The lowest BCUT2D eigenvalue weighted by Gasteiger charge is -2.17. The van der Waals surface area contributed by atoms with E-state index >= 15 is 0 Å². The van der Waals surface area contributed by atoms with E-state index in [0.29, 0.717) is 17.8 Å². The number of carbonyl (C=O) groups excluding carboxylic acids is 1. The predicted octanol–water partition coefficient (Wildman–Crippen LogP) is 2.89. The summed E-state index contributed by atoms with van der Waals surface area (Å²) in [6, 6.07) is 15.5. The minimum absolute atomic E-state index is 0.00459. The van der Waals surface area contributed by atoms with Crippen molar-refractivity contribution < 1.29 is 4.79 Å². The van der Waals surface area contributed by atoms with Crippen molar-refractivity contribution in [1.29, 1.82) is 0 Å². The van der Waals surface area contributed by atoms with Crippen LogP contribution in [-0.4, -0.2) is 24.4 Å². The second-order valence-electron chi connectivity index (χ2n) is 5.09. The number of nitrogens with zero attached hydrogens (tertiary/aromatic N) is 1. The standard InChI is InChI=1S/C17H20N2O/c1-13-5-3-6-14(11-13)9-10-19(2)17(20)15-7-4-8-16(18)12-15/h3-8,11-12H,9-10,18H2,1-2H3. The molecule has 0 radical (unpaired) electrons. The molecule has 0 saturated carbocycles. The molecule has 104 valence electrons. The zero-order valence-corrected chi connectivity index (χ0v) is 12.0. The van der Waals surface area contributed by atoms with E-state index in [1.165, 1.54) is 11.1 Å². The number of anilines is 1. The van der Waals surface area contributed by atoms with Gasteiger partial charge < -0.3 is 10.6 Å². The van der Waals surface area contributed by atoms with Crippen LogP contribution in [0.1, 0.15) is 21.5 Å². The molecule has 3 nitrogen and oxygen atoms in total. The molecule has 3 heteroatoms. The Labute approximate surface area is 120 Å². The molecule has 0 aromatic heterocycles. The first-order chi connectivity index (χ1) is 9.56. The normalized spacial score (nSPS) is 10.3. The van der Waals surface area contributed by atoms with Gasteiger partial charge >= 0.3 is 0 Å². The second kappa shape index (κ2) is 6.24. The zero-order valence-electron chi connectivity index (χ0n) is 12.0. The van der Waals surface area contributed by atoms with Gasteiger partial charge in [-0.1, -0.05) is 35.9 Å². The van der Waals surface area contributed by atoms with E-state index in [1.54, 1.807) is 29.2 Å². The van der Waals surface area contributed by atoms with Crippen LogP contribution < -0.4 is 5.73 Å². The van der Waals surface area contributed by atoms with Gasteiger partial charge in [0.15, 0.2) is 0 Å². The van der Waals surface area contributed by atoms with E-state index in [0.717, 1.165) is 6.42 Å². The average molecular weight is 268 g/mol. The Morgan fingerprint density at radius 1 is 1.15 bits per heavy atom. The Balaban J connectivity index is 1.98. The fourth-order valence-corrected chi connectivity index (χ4v) is 2.16. The number of amides is 1. The topological polar surface area (TPSA) is 46.3 Å². The minimum atomic E-state index is 0.00459. The molecule has 1 amide bonds. The highest BCUT2D eigenvalue weighted by Gasteiger charge is 2.11. The van der Waals surface area contributed by atoms with Crippen LogP contribution in [0.5, 0.6) is 0 Å². The average Bonchev–Trinajstić information content (AvgIpc) is 2.44. The number of nitrogens with two attached hydrogens (primary N) is 1. The maximum absolute atomic E-state index is 12.3. The van der Waals surface area contributed by atoms with E-state index in [4.69, 9.17) is 5.73 Å². The molecule has 0 unspecified atom stereocenters. The number of rotatable bonds is 4. The zero-order chi connectivity index (χ0) is 14.5. The van der Waals surface area contributed by atoms with Crippen LogP contribution >= 0.6 is 0 Å². The summed E-state index contributed by atoms with van der Waals surface area (Å²) in [5.74, 6) is 0.00459. The Morgan fingerprint density at radius 2 is 1.90 bits per heavy atom. The number of hydrogen-bond acceptors (Lipinski definition) is 2. The monoisotopic (exact) mass is 268 g/mol. The number of carbonyl (C=O) groups is 1. The fraction of sp³-hybridized carbons (Fsp3) is 0.235. The number of benzene rings is 2. The Kier molecular flexibility index (Phi) is 4.41. The van der Waals surface area contributed by atoms with Gasteiger partial charge in [-0.05, 0) is 37.1 Å². The SMILES string of the molecule is Cc1cccc(CCN(C)C(=O)c2cccc(N)c2)c1. The quantitative estimate of drug-likeness (QED) is 0.867. The lowest BCUT2D eigenvalue weighted by atomic mass is 10.1. The molecule has 0 spiro atoms. The molecule has 2 aromatic rings. The van der Waals surface area contributed by atoms with Crippen LogP contribution in [0, 0.1) is 6.92 Å². The highest BCUT2D eigenvalue weighted by Crippen LogP contribution is 2.10. The third-order valence-electron chi connectivity index (χ3n) is 3.30. The summed E-state index contributed by atoms with van der Waals surface area (Å²) in [5.41, 5.74) is 9.45. The van der Waals surface area contributed by atoms with Crippen molar-refractivity contribution in [3.63, 3.8) is 0 Å². The van der Waals surface area contributed by atoms with Gasteiger partial charge in [0, 0.05) is 24.8 Å². The van der Waals surface area contributed by atoms with Gasteiger partial charge in [0.05, 0.1) is 0 Å². The second-order valence-corrected chi connectivity index (χ2v) is 5.09. The minimum Gasteiger partial charge on any atom is -0.399 e. The number of aryl methyl sites for hydroxylation is 1. The summed E-state index contributed by atoms with van der Waals surface area (Å²) in [5, 5.41) is 0. The van der Waals surface area contributed by atoms with E-state index in [-0.39, 0.29) is 5.91 Å². The van der Waals surface area contributed by atoms with Crippen molar-refractivity contribution in [3.8, 4) is 0 Å². The van der Waals surface area contributed by atoms with Crippen molar-refractivity contribution in [2.24, 2.45) is 0 Å². The molecule has 0 aliphatic rings. The van der Waals surface area contributed by atoms with E-state index < -0.39 is 0 Å². The molecule has 2 aromatic carbocycles. The smallest absolute Gasteiger partial charge is 0.253 e. The lowest BCUT2D eigenvalue weighted by Crippen LogP contribution is -2.28. The molecule has 2 rings (SSSR count). The van der Waals surface area contributed by atoms with Crippen molar-refractivity contribution >= 4 is 11.6 Å². The predicted molar refractivity (Wildman–Crippen MR) is 82.7 cm³/mol. The Bertz CT molecular complexity index is 607. The summed E-state index contributed by atoms with van der Waals surface area (Å²) in [7, 11) is 1.82. The third kappa shape index (κ3) is 3.60. The number of hydrogen-bond donors (Lipinski definition) is 1. The maximum atomic E-state index is 12.3. The molecule has 0 fully saturated rings. The summed E-state index contributed by atoms with van der Waals surface area (Å²) < 4.78 is 0. The highest BCUT2D eigenvalue weighted by atomic mass is 16.2. The van der Waals surface area contributed by atoms with Gasteiger partial charge in [-0.15, -0.1) is 0 Å². The molecule has 0 aliphatic carbocycles. The van der Waals surface area contributed by atoms with Crippen molar-refractivity contribution in [2.75, 3.05) is 19.3 Å². The lowest BCUT2D eigenvalue weighted by molar-refractivity contribution is 0.0796. The van der Waals surface area contributed by atoms with Gasteiger partial charge in [-0.3, -0.25) is 4.79 Å². The fourth-order valence-electron chi connectivity index (χ4n) is 2.16. The van der Waals surface area contributed by atoms with Crippen molar-refractivity contribution in [3.05, 3.63) is 65.2 Å². The molecular formula is C17H20N2O. The molecular weight excluding hydrogens is 248 g/mol. The van der Waals surface area contributed by atoms with Crippen LogP contribution in [0.2, 0.25) is 0 Å². The van der Waals surface area contributed by atoms with Crippen LogP contribution in [0.3, 0.4) is 0 Å². The number of nitrogen functional groups attached to an aromatic ring is 1. The van der Waals surface area contributed by atoms with E-state index in [9.17, 15) is 4.79 Å². The van der Waals surface area contributed by atoms with Crippen LogP contribution in [-0.2, 0) is 6.42 Å². The Hall–Kier alpha value is -2.29.